The van der Waals surface area contributed by atoms with E-state index in [4.69, 9.17) is 9.47 Å². The number of hydrogen-bond acceptors (Lipinski definition) is 8. The lowest BCUT2D eigenvalue weighted by molar-refractivity contribution is 0.157. The van der Waals surface area contributed by atoms with Gasteiger partial charge in [0.15, 0.2) is 17.0 Å². The Balaban J connectivity index is 1.37. The molecule has 1 unspecified atom stereocenters. The number of nitrogens with zero attached hydrogens (tertiary/aromatic N) is 6. The van der Waals surface area contributed by atoms with E-state index in [0.717, 1.165) is 49.1 Å². The molecule has 1 saturated heterocycles. The molecule has 4 aromatic rings. The minimum absolute atomic E-state index is 0.110. The van der Waals surface area contributed by atoms with Gasteiger partial charge in [0.2, 0.25) is 11.7 Å². The zero-order chi connectivity index (χ0) is 30.2. The first-order valence-electron chi connectivity index (χ1n) is 14.5. The van der Waals surface area contributed by atoms with Crippen molar-refractivity contribution in [2.24, 2.45) is 0 Å². The van der Waals surface area contributed by atoms with Crippen molar-refractivity contribution >= 4 is 22.4 Å². The molecule has 226 valence electrons. The molecular formula is C32H36F2N6O3. The molecule has 3 aromatic heterocycles. The molecule has 2 aliphatic rings. The molecule has 0 N–H and O–H groups in total. The predicted molar refractivity (Wildman–Crippen MR) is 162 cm³/mol. The van der Waals surface area contributed by atoms with Gasteiger partial charge in [0.1, 0.15) is 12.4 Å². The first-order chi connectivity index (χ1) is 20.7. The van der Waals surface area contributed by atoms with Gasteiger partial charge in [-0.05, 0) is 49.6 Å². The SMILES string of the molecule is COc1cc(CN(Cc2cn3c4c(c(F)c(F)cc4c2=O)OCC3C)[C@H]2CCCN(c3ccc(N(C)C)nc3)C2)ccn1. The zero-order valence-electron chi connectivity index (χ0n) is 24.9. The van der Waals surface area contributed by atoms with E-state index >= 15 is 0 Å². The maximum Gasteiger partial charge on any atom is 0.213 e. The molecule has 0 aliphatic carbocycles. The van der Waals surface area contributed by atoms with Crippen LogP contribution in [0.4, 0.5) is 20.3 Å². The Labute approximate surface area is 249 Å². The summed E-state index contributed by atoms with van der Waals surface area (Å²) in [6.45, 7) is 4.66. The Morgan fingerprint density at radius 3 is 2.72 bits per heavy atom. The quantitative estimate of drug-likeness (QED) is 0.291. The van der Waals surface area contributed by atoms with Crippen molar-refractivity contribution in [2.45, 2.75) is 44.9 Å². The molecule has 0 radical (unpaired) electrons. The van der Waals surface area contributed by atoms with Crippen molar-refractivity contribution < 1.29 is 18.3 Å². The van der Waals surface area contributed by atoms with Gasteiger partial charge in [-0.1, -0.05) is 0 Å². The fraction of sp³-hybridized carbons (Fsp3) is 0.406. The molecule has 5 heterocycles. The zero-order valence-corrected chi connectivity index (χ0v) is 24.9. The smallest absolute Gasteiger partial charge is 0.213 e. The summed E-state index contributed by atoms with van der Waals surface area (Å²) in [7, 11) is 5.52. The van der Waals surface area contributed by atoms with E-state index in [0.29, 0.717) is 30.0 Å². The highest BCUT2D eigenvalue weighted by molar-refractivity contribution is 5.86. The normalized spacial score (nSPS) is 18.2. The fourth-order valence-electron chi connectivity index (χ4n) is 6.11. The van der Waals surface area contributed by atoms with E-state index < -0.39 is 11.6 Å². The summed E-state index contributed by atoms with van der Waals surface area (Å²) in [5.41, 5.74) is 2.55. The lowest BCUT2D eigenvalue weighted by Gasteiger charge is -2.40. The molecule has 0 spiro atoms. The van der Waals surface area contributed by atoms with E-state index in [1.807, 2.05) is 54.9 Å². The van der Waals surface area contributed by atoms with Gasteiger partial charge in [0.25, 0.3) is 0 Å². The Hall–Kier alpha value is -4.25. The molecule has 6 rings (SSSR count). The van der Waals surface area contributed by atoms with Gasteiger partial charge in [0.05, 0.1) is 35.9 Å². The number of halogens is 2. The molecule has 1 aromatic carbocycles. The average molecular weight is 591 g/mol. The fourth-order valence-corrected chi connectivity index (χ4v) is 6.11. The van der Waals surface area contributed by atoms with Gasteiger partial charge in [-0.2, -0.15) is 4.39 Å². The summed E-state index contributed by atoms with van der Waals surface area (Å²) in [4.78, 5) is 29.3. The maximum atomic E-state index is 14.6. The average Bonchev–Trinajstić information content (AvgIpc) is 3.02. The van der Waals surface area contributed by atoms with Crippen LogP contribution in [0.5, 0.6) is 11.6 Å². The number of ether oxygens (including phenoxy) is 2. The van der Waals surface area contributed by atoms with Crippen molar-refractivity contribution in [1.82, 2.24) is 19.4 Å². The minimum atomic E-state index is -1.09. The monoisotopic (exact) mass is 590 g/mol. The van der Waals surface area contributed by atoms with Crippen LogP contribution in [0, 0.1) is 11.6 Å². The molecule has 9 nitrogen and oxygen atoms in total. The molecule has 0 bridgehead atoms. The van der Waals surface area contributed by atoms with Crippen LogP contribution in [0.25, 0.3) is 10.9 Å². The molecule has 0 amide bonds. The Morgan fingerprint density at radius 1 is 1.14 bits per heavy atom. The maximum absolute atomic E-state index is 14.6. The van der Waals surface area contributed by atoms with E-state index in [-0.39, 0.29) is 35.3 Å². The predicted octanol–water partition coefficient (Wildman–Crippen LogP) is 4.77. The van der Waals surface area contributed by atoms with Crippen molar-refractivity contribution in [2.75, 3.05) is 50.7 Å². The van der Waals surface area contributed by atoms with Gasteiger partial charge in [-0.3, -0.25) is 9.69 Å². The molecule has 2 atom stereocenters. The van der Waals surface area contributed by atoms with Crippen LogP contribution in [-0.2, 0) is 13.1 Å². The first kappa shape index (κ1) is 28.9. The van der Waals surface area contributed by atoms with E-state index in [1.54, 1.807) is 19.5 Å². The van der Waals surface area contributed by atoms with E-state index in [9.17, 15) is 13.6 Å². The third-order valence-electron chi connectivity index (χ3n) is 8.42. The summed E-state index contributed by atoms with van der Waals surface area (Å²) < 4.78 is 42.0. The van der Waals surface area contributed by atoms with Gasteiger partial charge >= 0.3 is 0 Å². The number of piperidine rings is 1. The van der Waals surface area contributed by atoms with Crippen LogP contribution in [0.15, 0.2) is 53.7 Å². The Bertz CT molecular complexity index is 1690. The highest BCUT2D eigenvalue weighted by Gasteiger charge is 2.30. The Morgan fingerprint density at radius 2 is 1.98 bits per heavy atom. The summed E-state index contributed by atoms with van der Waals surface area (Å²) in [6.07, 6.45) is 7.33. The lowest BCUT2D eigenvalue weighted by atomic mass is 10.0. The van der Waals surface area contributed by atoms with Crippen molar-refractivity contribution in [3.05, 3.63) is 81.9 Å². The molecule has 2 aliphatic heterocycles. The second-order valence-electron chi connectivity index (χ2n) is 11.6. The van der Waals surface area contributed by atoms with Gasteiger partial charge < -0.3 is 23.8 Å². The number of methoxy groups -OCH3 is 1. The van der Waals surface area contributed by atoms with Crippen molar-refractivity contribution in [3.8, 4) is 11.6 Å². The molecular weight excluding hydrogens is 554 g/mol. The lowest BCUT2D eigenvalue weighted by Crippen LogP contribution is -2.48. The summed E-state index contributed by atoms with van der Waals surface area (Å²) in [6, 6.07) is 8.92. The van der Waals surface area contributed by atoms with Crippen LogP contribution in [0.1, 0.15) is 36.9 Å². The minimum Gasteiger partial charge on any atom is -0.486 e. The number of hydrogen-bond donors (Lipinski definition) is 0. The number of rotatable bonds is 8. The van der Waals surface area contributed by atoms with Gasteiger partial charge in [-0.25, -0.2) is 14.4 Å². The van der Waals surface area contributed by atoms with Crippen molar-refractivity contribution in [1.29, 1.82) is 0 Å². The van der Waals surface area contributed by atoms with E-state index in [1.165, 1.54) is 0 Å². The summed E-state index contributed by atoms with van der Waals surface area (Å²) >= 11 is 0. The number of benzene rings is 1. The molecule has 43 heavy (non-hydrogen) atoms. The van der Waals surface area contributed by atoms with Crippen LogP contribution in [0.2, 0.25) is 0 Å². The highest BCUT2D eigenvalue weighted by atomic mass is 19.2. The third-order valence-corrected chi connectivity index (χ3v) is 8.42. The number of anilines is 2. The summed E-state index contributed by atoms with van der Waals surface area (Å²) in [5.74, 6) is -0.942. The van der Waals surface area contributed by atoms with Crippen LogP contribution in [0.3, 0.4) is 0 Å². The second-order valence-corrected chi connectivity index (χ2v) is 11.6. The standard InChI is InChI=1S/C32H36F2N6O3/c1-20-19-43-32-29(34)26(33)13-25-30(32)40(20)17-22(31(25)41)16-39(15-21-9-10-35-28(12-21)42-4)24-6-5-11-38(18-24)23-7-8-27(36-14-23)37(2)3/h7-10,12-14,17,20,24H,5-6,11,15-16,18-19H2,1-4H3/t20?,24-/m0/s1. The number of pyridine rings is 3. The number of aromatic nitrogens is 3. The summed E-state index contributed by atoms with van der Waals surface area (Å²) in [5, 5.41) is 0.126. The van der Waals surface area contributed by atoms with E-state index in [2.05, 4.69) is 25.8 Å². The molecule has 11 heteroatoms. The highest BCUT2D eigenvalue weighted by Crippen LogP contribution is 2.36. The third kappa shape index (κ3) is 5.61. The topological polar surface area (TPSA) is 76.0 Å². The largest absolute Gasteiger partial charge is 0.486 e. The second kappa shape index (κ2) is 11.8. The van der Waals surface area contributed by atoms with Crippen LogP contribution < -0.4 is 24.7 Å². The Kier molecular flexibility index (Phi) is 7.91. The van der Waals surface area contributed by atoms with Gasteiger partial charge in [0, 0.05) is 70.3 Å². The van der Waals surface area contributed by atoms with Crippen LogP contribution in [-0.4, -0.2) is 66.4 Å². The van der Waals surface area contributed by atoms with Crippen LogP contribution >= 0.6 is 0 Å². The van der Waals surface area contributed by atoms with Crippen molar-refractivity contribution in [3.63, 3.8) is 0 Å². The molecule has 0 saturated carbocycles. The van der Waals surface area contributed by atoms with Gasteiger partial charge in [-0.15, -0.1) is 0 Å². The molecule has 1 fully saturated rings. The first-order valence-corrected chi connectivity index (χ1v) is 14.5.